The van der Waals surface area contributed by atoms with Crippen LogP contribution in [-0.4, -0.2) is 21.8 Å². The Hall–Kier alpha value is -1.53. The van der Waals surface area contributed by atoms with Gasteiger partial charge in [0, 0.05) is 0 Å². The van der Waals surface area contributed by atoms with Gasteiger partial charge in [-0.25, -0.2) is 0 Å². The summed E-state index contributed by atoms with van der Waals surface area (Å²) in [4.78, 5) is 30.1. The van der Waals surface area contributed by atoms with Crippen LogP contribution >= 0.6 is 0 Å². The number of hydrogen-bond acceptors (Lipinski definition) is 5. The summed E-state index contributed by atoms with van der Waals surface area (Å²) in [5.41, 5.74) is -2.65. The Labute approximate surface area is 138 Å². The smallest absolute Gasteiger partial charge is 0.287 e. The zero-order chi connectivity index (χ0) is 17.6. The van der Waals surface area contributed by atoms with Gasteiger partial charge >= 0.3 is 5.66 Å². The van der Waals surface area contributed by atoms with Crippen LogP contribution in [0.5, 0.6) is 0 Å². The van der Waals surface area contributed by atoms with Gasteiger partial charge < -0.3 is 0 Å². The third kappa shape index (κ3) is 8.62. The zero-order valence-corrected chi connectivity index (χ0v) is 14.2. The van der Waals surface area contributed by atoms with Crippen molar-refractivity contribution in [2.24, 2.45) is 0 Å². The molecule has 0 fully saturated rings. The number of hydrogen-bond donors (Lipinski definition) is 0. The summed E-state index contributed by atoms with van der Waals surface area (Å²) in [5.74, 6) is 0. The second-order valence-corrected chi connectivity index (χ2v) is 6.15. The molecule has 0 heterocycles. The number of rotatable bonds is 16. The first-order valence-corrected chi connectivity index (χ1v) is 8.76. The largest absolute Gasteiger partial charge is 0.512 e. The molecular formula is C16H30N2O5. The Balaban J connectivity index is 3.63. The van der Waals surface area contributed by atoms with E-state index >= 15 is 0 Å². The minimum atomic E-state index is -2.65. The first-order chi connectivity index (χ1) is 11.0. The Morgan fingerprint density at radius 3 is 1.39 bits per heavy atom. The van der Waals surface area contributed by atoms with Crippen LogP contribution < -0.4 is 0 Å². The number of nitrogens with zero attached hydrogens (tertiary/aromatic N) is 2. The minimum Gasteiger partial charge on any atom is -0.287 e. The van der Waals surface area contributed by atoms with E-state index in [4.69, 9.17) is 0 Å². The van der Waals surface area contributed by atoms with Crippen molar-refractivity contribution >= 4 is 6.29 Å². The minimum absolute atomic E-state index is 0.147. The molecule has 0 bridgehead atoms. The lowest BCUT2D eigenvalue weighted by atomic mass is 10.0. The van der Waals surface area contributed by atoms with Crippen LogP contribution in [0.1, 0.15) is 90.4 Å². The number of carbonyl (C=O) groups is 1. The van der Waals surface area contributed by atoms with E-state index in [0.717, 1.165) is 19.3 Å². The fourth-order valence-corrected chi connectivity index (χ4v) is 2.62. The number of unbranched alkanes of at least 4 members (excludes halogenated alkanes) is 11. The molecule has 0 unspecified atom stereocenters. The molecule has 23 heavy (non-hydrogen) atoms. The lowest BCUT2D eigenvalue weighted by Gasteiger charge is -2.10. The monoisotopic (exact) mass is 330 g/mol. The van der Waals surface area contributed by atoms with Gasteiger partial charge in [0.2, 0.25) is 0 Å². The lowest BCUT2D eigenvalue weighted by molar-refractivity contribution is -0.774. The highest BCUT2D eigenvalue weighted by molar-refractivity contribution is 5.59. The van der Waals surface area contributed by atoms with E-state index < -0.39 is 15.5 Å². The maximum Gasteiger partial charge on any atom is 0.512 e. The fraction of sp³-hybridized carbons (Fsp3) is 0.938. The van der Waals surface area contributed by atoms with Gasteiger partial charge in [-0.3, -0.25) is 25.0 Å². The molecule has 0 aliphatic carbocycles. The Bertz CT molecular complexity index is 346. The normalized spacial score (nSPS) is 11.3. The van der Waals surface area contributed by atoms with Crippen LogP contribution in [-0.2, 0) is 4.79 Å². The quantitative estimate of drug-likeness (QED) is 0.136. The molecule has 0 radical (unpaired) electrons. The molecule has 0 aliphatic rings. The van der Waals surface area contributed by atoms with Crippen molar-refractivity contribution in [1.29, 1.82) is 0 Å². The topological polar surface area (TPSA) is 103 Å². The number of nitro groups is 2. The van der Waals surface area contributed by atoms with Crippen LogP contribution in [0.2, 0.25) is 0 Å². The molecule has 0 saturated heterocycles. The summed E-state index contributed by atoms with van der Waals surface area (Å²) in [7, 11) is 0. The first kappa shape index (κ1) is 21.5. The van der Waals surface area contributed by atoms with E-state index in [1.54, 1.807) is 0 Å². The van der Waals surface area contributed by atoms with Gasteiger partial charge in [-0.15, -0.1) is 0 Å². The molecule has 0 amide bonds. The molecule has 0 spiro atoms. The van der Waals surface area contributed by atoms with Crippen molar-refractivity contribution in [3.63, 3.8) is 0 Å². The first-order valence-electron chi connectivity index (χ1n) is 8.76. The molecule has 7 heteroatoms. The van der Waals surface area contributed by atoms with Gasteiger partial charge in [0.05, 0.1) is 6.42 Å². The fourth-order valence-electron chi connectivity index (χ4n) is 2.62. The van der Waals surface area contributed by atoms with Crippen molar-refractivity contribution in [2.75, 3.05) is 0 Å². The maximum absolute atomic E-state index is 10.8. The predicted molar refractivity (Wildman–Crippen MR) is 88.5 cm³/mol. The van der Waals surface area contributed by atoms with Gasteiger partial charge in [0.25, 0.3) is 6.29 Å². The Kier molecular flexibility index (Phi) is 12.1. The summed E-state index contributed by atoms with van der Waals surface area (Å²) >= 11 is 0. The van der Waals surface area contributed by atoms with Crippen LogP contribution in [0.3, 0.4) is 0 Å². The summed E-state index contributed by atoms with van der Waals surface area (Å²) in [6.07, 6.45) is 12.6. The average Bonchev–Trinajstić information content (AvgIpc) is 2.51. The summed E-state index contributed by atoms with van der Waals surface area (Å²) < 4.78 is 0. The molecule has 0 aliphatic heterocycles. The number of aldehydes is 1. The van der Waals surface area contributed by atoms with E-state index in [1.807, 2.05) is 0 Å². The van der Waals surface area contributed by atoms with Gasteiger partial charge in [-0.2, -0.15) is 0 Å². The zero-order valence-electron chi connectivity index (χ0n) is 14.2. The Morgan fingerprint density at radius 2 is 1.09 bits per heavy atom. The van der Waals surface area contributed by atoms with E-state index in [2.05, 4.69) is 6.92 Å². The van der Waals surface area contributed by atoms with Crippen molar-refractivity contribution in [2.45, 2.75) is 96.1 Å². The molecule has 0 atom stereocenters. The van der Waals surface area contributed by atoms with E-state index in [9.17, 15) is 25.0 Å². The lowest BCUT2D eigenvalue weighted by Crippen LogP contribution is -2.47. The summed E-state index contributed by atoms with van der Waals surface area (Å²) in [6.45, 7) is 2.20. The van der Waals surface area contributed by atoms with Crippen molar-refractivity contribution in [3.05, 3.63) is 20.2 Å². The highest BCUT2D eigenvalue weighted by atomic mass is 16.7. The second kappa shape index (κ2) is 13.0. The van der Waals surface area contributed by atoms with Gasteiger partial charge in [-0.1, -0.05) is 77.6 Å². The van der Waals surface area contributed by atoms with Crippen molar-refractivity contribution in [1.82, 2.24) is 0 Å². The molecule has 0 rings (SSSR count). The highest BCUT2D eigenvalue weighted by Crippen LogP contribution is 2.19. The van der Waals surface area contributed by atoms with Crippen molar-refractivity contribution < 1.29 is 14.6 Å². The van der Waals surface area contributed by atoms with E-state index in [0.29, 0.717) is 12.8 Å². The molecule has 0 N–H and O–H groups in total. The van der Waals surface area contributed by atoms with Crippen LogP contribution in [0.4, 0.5) is 0 Å². The van der Waals surface area contributed by atoms with Crippen molar-refractivity contribution in [3.8, 4) is 0 Å². The third-order valence-corrected chi connectivity index (χ3v) is 4.22. The molecule has 0 aromatic carbocycles. The second-order valence-electron chi connectivity index (χ2n) is 6.15. The predicted octanol–water partition coefficient (Wildman–Crippen LogP) is 4.53. The number of carbonyl (C=O) groups excluding carboxylic acids is 1. The highest BCUT2D eigenvalue weighted by Gasteiger charge is 2.55. The van der Waals surface area contributed by atoms with Crippen LogP contribution in [0.25, 0.3) is 0 Å². The van der Waals surface area contributed by atoms with Crippen LogP contribution in [0, 0.1) is 20.2 Å². The molecule has 0 aromatic heterocycles. The molecular weight excluding hydrogens is 300 g/mol. The molecule has 134 valence electrons. The standard InChI is InChI=1S/C16H30N2O5/c1-2-3-4-5-6-7-8-9-10-11-12-13-14-16(15-19,17(20)21)18(22)23/h15H,2-14H2,1H3. The SMILES string of the molecule is CCCCCCCCCCCCCCC(C=O)([N+](=O)[O-])[N+](=O)[O-]. The average molecular weight is 330 g/mol. The van der Waals surface area contributed by atoms with E-state index in [-0.39, 0.29) is 12.7 Å². The van der Waals surface area contributed by atoms with Crippen LogP contribution in [0.15, 0.2) is 0 Å². The summed E-state index contributed by atoms with van der Waals surface area (Å²) in [6, 6.07) is 0. The molecule has 0 aromatic rings. The summed E-state index contributed by atoms with van der Waals surface area (Å²) in [5, 5.41) is 21.5. The third-order valence-electron chi connectivity index (χ3n) is 4.22. The Morgan fingerprint density at radius 1 is 0.739 bits per heavy atom. The molecule has 0 saturated carbocycles. The maximum atomic E-state index is 10.8. The van der Waals surface area contributed by atoms with Gasteiger partial charge in [-0.05, 0) is 6.42 Å². The van der Waals surface area contributed by atoms with E-state index in [1.165, 1.54) is 44.9 Å². The van der Waals surface area contributed by atoms with Gasteiger partial charge in [0.15, 0.2) is 0 Å². The van der Waals surface area contributed by atoms with Gasteiger partial charge in [0.1, 0.15) is 9.85 Å². The molecule has 7 nitrogen and oxygen atoms in total.